The Morgan fingerprint density at radius 3 is 2.65 bits per heavy atom. The standard InChI is InChI=1S/C13H16Cl2FN/c1-8(17-7-13(2)5-6-13)11-9(14)3-4-10(16)12(11)15/h3-4,8,17H,5-7H2,1-2H3. The van der Waals surface area contributed by atoms with Crippen molar-refractivity contribution < 1.29 is 4.39 Å². The summed E-state index contributed by atoms with van der Waals surface area (Å²) in [4.78, 5) is 0. The average molecular weight is 276 g/mol. The van der Waals surface area contributed by atoms with E-state index in [9.17, 15) is 4.39 Å². The molecular formula is C13H16Cl2FN. The maximum Gasteiger partial charge on any atom is 0.142 e. The van der Waals surface area contributed by atoms with Crippen LogP contribution in [0, 0.1) is 11.2 Å². The minimum absolute atomic E-state index is 0.0388. The van der Waals surface area contributed by atoms with Crippen molar-refractivity contribution >= 4 is 23.2 Å². The summed E-state index contributed by atoms with van der Waals surface area (Å²) in [5.41, 5.74) is 1.05. The molecule has 1 nitrogen and oxygen atoms in total. The first-order valence-electron chi connectivity index (χ1n) is 5.80. The maximum atomic E-state index is 13.4. The van der Waals surface area contributed by atoms with Crippen LogP contribution in [-0.2, 0) is 0 Å². The molecule has 0 amide bonds. The Bertz CT molecular complexity index is 430. The molecule has 0 bridgehead atoms. The van der Waals surface area contributed by atoms with Crippen molar-refractivity contribution in [1.82, 2.24) is 5.32 Å². The maximum absolute atomic E-state index is 13.4. The fraction of sp³-hybridized carbons (Fsp3) is 0.538. The average Bonchev–Trinajstić information content (AvgIpc) is 3.01. The van der Waals surface area contributed by atoms with E-state index < -0.39 is 5.82 Å². The molecule has 1 N–H and O–H groups in total. The Hall–Kier alpha value is -0.310. The van der Waals surface area contributed by atoms with Gasteiger partial charge in [-0.05, 0) is 37.3 Å². The van der Waals surface area contributed by atoms with E-state index in [1.807, 2.05) is 6.92 Å². The lowest BCUT2D eigenvalue weighted by Gasteiger charge is -2.19. The highest BCUT2D eigenvalue weighted by molar-refractivity contribution is 6.36. The molecule has 1 aromatic carbocycles. The number of hydrogen-bond donors (Lipinski definition) is 1. The Balaban J connectivity index is 2.12. The fourth-order valence-electron chi connectivity index (χ4n) is 1.83. The molecule has 1 aliphatic carbocycles. The van der Waals surface area contributed by atoms with Gasteiger partial charge in [0, 0.05) is 23.2 Å². The second kappa shape index (κ2) is 4.75. The normalized spacial score (nSPS) is 19.1. The molecule has 2 rings (SSSR count). The highest BCUT2D eigenvalue weighted by Crippen LogP contribution is 2.44. The van der Waals surface area contributed by atoms with Crippen LogP contribution in [0.3, 0.4) is 0 Å². The lowest BCUT2D eigenvalue weighted by atomic mass is 10.1. The molecule has 1 fully saturated rings. The number of hydrogen-bond acceptors (Lipinski definition) is 1. The molecule has 0 heterocycles. The van der Waals surface area contributed by atoms with E-state index in [0.29, 0.717) is 16.0 Å². The zero-order valence-electron chi connectivity index (χ0n) is 9.99. The zero-order chi connectivity index (χ0) is 12.6. The number of nitrogens with one attached hydrogen (secondary N) is 1. The largest absolute Gasteiger partial charge is 0.310 e. The van der Waals surface area contributed by atoms with Crippen LogP contribution in [0.25, 0.3) is 0 Å². The van der Waals surface area contributed by atoms with Crippen molar-refractivity contribution in [3.8, 4) is 0 Å². The van der Waals surface area contributed by atoms with Crippen LogP contribution in [0.2, 0.25) is 10.0 Å². The van der Waals surface area contributed by atoms with Crippen LogP contribution in [0.1, 0.15) is 38.3 Å². The lowest BCUT2D eigenvalue weighted by Crippen LogP contribution is -2.25. The van der Waals surface area contributed by atoms with E-state index in [2.05, 4.69) is 12.2 Å². The van der Waals surface area contributed by atoms with E-state index in [1.54, 1.807) is 6.07 Å². The second-order valence-electron chi connectivity index (χ2n) is 5.17. The lowest BCUT2D eigenvalue weighted by molar-refractivity contribution is 0.456. The van der Waals surface area contributed by atoms with Gasteiger partial charge in [0.25, 0.3) is 0 Å². The molecule has 0 aromatic heterocycles. The number of halogens is 3. The molecule has 0 aliphatic heterocycles. The van der Waals surface area contributed by atoms with E-state index in [4.69, 9.17) is 23.2 Å². The molecule has 0 radical (unpaired) electrons. The number of benzene rings is 1. The first kappa shape index (κ1) is 13.1. The smallest absolute Gasteiger partial charge is 0.142 e. The molecule has 1 saturated carbocycles. The third-order valence-corrected chi connectivity index (χ3v) is 4.16. The first-order valence-corrected chi connectivity index (χ1v) is 6.55. The van der Waals surface area contributed by atoms with Crippen molar-refractivity contribution in [3.05, 3.63) is 33.6 Å². The van der Waals surface area contributed by atoms with Gasteiger partial charge in [-0.2, -0.15) is 0 Å². The summed E-state index contributed by atoms with van der Waals surface area (Å²) in [7, 11) is 0. The Morgan fingerprint density at radius 2 is 2.06 bits per heavy atom. The highest BCUT2D eigenvalue weighted by Gasteiger charge is 2.37. The van der Waals surface area contributed by atoms with Gasteiger partial charge in [-0.25, -0.2) is 4.39 Å². The van der Waals surface area contributed by atoms with Crippen LogP contribution in [0.5, 0.6) is 0 Å². The van der Waals surface area contributed by atoms with Gasteiger partial charge in [0.05, 0.1) is 5.02 Å². The molecule has 4 heteroatoms. The van der Waals surface area contributed by atoms with Crippen molar-refractivity contribution in [2.45, 2.75) is 32.7 Å². The van der Waals surface area contributed by atoms with E-state index in [-0.39, 0.29) is 11.1 Å². The summed E-state index contributed by atoms with van der Waals surface area (Å²) in [5, 5.41) is 4.01. The zero-order valence-corrected chi connectivity index (χ0v) is 11.5. The predicted molar refractivity (Wildman–Crippen MR) is 70.2 cm³/mol. The molecular weight excluding hydrogens is 260 g/mol. The first-order chi connectivity index (χ1) is 7.93. The minimum atomic E-state index is -0.419. The summed E-state index contributed by atoms with van der Waals surface area (Å²) in [5.74, 6) is -0.419. The minimum Gasteiger partial charge on any atom is -0.310 e. The molecule has 1 aliphatic rings. The monoisotopic (exact) mass is 275 g/mol. The van der Waals surface area contributed by atoms with Crippen molar-refractivity contribution in [1.29, 1.82) is 0 Å². The van der Waals surface area contributed by atoms with Gasteiger partial charge in [-0.15, -0.1) is 0 Å². The van der Waals surface area contributed by atoms with Gasteiger partial charge in [-0.3, -0.25) is 0 Å². The third kappa shape index (κ3) is 2.93. The van der Waals surface area contributed by atoms with Crippen LogP contribution in [0.15, 0.2) is 12.1 Å². The van der Waals surface area contributed by atoms with Crippen molar-refractivity contribution in [2.75, 3.05) is 6.54 Å². The van der Waals surface area contributed by atoms with Gasteiger partial charge in [0.2, 0.25) is 0 Å². The van der Waals surface area contributed by atoms with Crippen LogP contribution >= 0.6 is 23.2 Å². The summed E-state index contributed by atoms with van der Waals surface area (Å²) in [6.07, 6.45) is 2.49. The SMILES string of the molecule is CC(NCC1(C)CC1)c1c(Cl)ccc(F)c1Cl. The molecule has 0 spiro atoms. The molecule has 0 saturated heterocycles. The van der Waals surface area contributed by atoms with E-state index in [0.717, 1.165) is 6.54 Å². The van der Waals surface area contributed by atoms with Crippen LogP contribution in [0.4, 0.5) is 4.39 Å². The van der Waals surface area contributed by atoms with E-state index in [1.165, 1.54) is 18.9 Å². The van der Waals surface area contributed by atoms with Gasteiger partial charge in [-0.1, -0.05) is 30.1 Å². The number of rotatable bonds is 4. The van der Waals surface area contributed by atoms with Crippen LogP contribution < -0.4 is 5.32 Å². The molecule has 17 heavy (non-hydrogen) atoms. The topological polar surface area (TPSA) is 12.0 Å². The Morgan fingerprint density at radius 1 is 1.41 bits per heavy atom. The van der Waals surface area contributed by atoms with Crippen molar-refractivity contribution in [2.24, 2.45) is 5.41 Å². The summed E-state index contributed by atoms with van der Waals surface area (Å²) < 4.78 is 13.4. The van der Waals surface area contributed by atoms with Gasteiger partial charge in [0.15, 0.2) is 0 Å². The quantitative estimate of drug-likeness (QED) is 0.793. The van der Waals surface area contributed by atoms with Gasteiger partial charge < -0.3 is 5.32 Å². The van der Waals surface area contributed by atoms with Crippen molar-refractivity contribution in [3.63, 3.8) is 0 Å². The summed E-state index contributed by atoms with van der Waals surface area (Å²) in [6.45, 7) is 5.11. The van der Waals surface area contributed by atoms with Gasteiger partial charge in [0.1, 0.15) is 5.82 Å². The van der Waals surface area contributed by atoms with Crippen LogP contribution in [-0.4, -0.2) is 6.54 Å². The molecule has 94 valence electrons. The van der Waals surface area contributed by atoms with Gasteiger partial charge >= 0.3 is 0 Å². The highest BCUT2D eigenvalue weighted by atomic mass is 35.5. The molecule has 1 unspecified atom stereocenters. The fourth-order valence-corrected chi connectivity index (χ4v) is 2.53. The Kier molecular flexibility index (Phi) is 3.67. The van der Waals surface area contributed by atoms with E-state index >= 15 is 0 Å². The second-order valence-corrected chi connectivity index (χ2v) is 5.96. The Labute approximate surface area is 111 Å². The summed E-state index contributed by atoms with van der Waals surface area (Å²) in [6, 6.07) is 2.81. The molecule has 1 aromatic rings. The predicted octanol–water partition coefficient (Wildman–Crippen LogP) is 4.58. The molecule has 1 atom stereocenters. The summed E-state index contributed by atoms with van der Waals surface area (Å²) >= 11 is 12.0. The third-order valence-electron chi connectivity index (χ3n) is 3.45.